The second kappa shape index (κ2) is 10.8. The van der Waals surface area contributed by atoms with Gasteiger partial charge in [-0.05, 0) is 25.7 Å². The lowest BCUT2D eigenvalue weighted by Crippen LogP contribution is -2.11. The standard InChI is InChI=1S/C21H19N4O3P.C2H6/c1-3-27-29(2)15-9-7-14(8-10-15)18-12-19(28-25-18)16-13-23-20(24-21(16)26)17-6-4-5-11-22-17;1-2/h4-13H,3H2,1-2H3,(H,23,24,26);1-2H3. The Kier molecular flexibility index (Phi) is 7.82. The van der Waals surface area contributed by atoms with E-state index in [9.17, 15) is 4.79 Å². The molecule has 1 aromatic carbocycles. The number of benzene rings is 1. The number of nitrogens with zero attached hydrogens (tertiary/aromatic N) is 3. The molecule has 0 radical (unpaired) electrons. The monoisotopic (exact) mass is 436 g/mol. The van der Waals surface area contributed by atoms with E-state index in [1.54, 1.807) is 24.4 Å². The fourth-order valence-corrected chi connectivity index (χ4v) is 3.96. The van der Waals surface area contributed by atoms with Crippen molar-refractivity contribution in [3.8, 4) is 34.1 Å². The van der Waals surface area contributed by atoms with Gasteiger partial charge in [-0.2, -0.15) is 0 Å². The summed E-state index contributed by atoms with van der Waals surface area (Å²) in [5.41, 5.74) is 2.15. The maximum atomic E-state index is 12.5. The van der Waals surface area contributed by atoms with Crippen molar-refractivity contribution in [2.24, 2.45) is 0 Å². The van der Waals surface area contributed by atoms with E-state index in [-0.39, 0.29) is 5.56 Å². The zero-order valence-electron chi connectivity index (χ0n) is 18.0. The third-order valence-corrected chi connectivity index (χ3v) is 6.00. The molecule has 4 aromatic rings. The Morgan fingerprint density at radius 2 is 1.84 bits per heavy atom. The Morgan fingerprint density at radius 3 is 2.48 bits per heavy atom. The van der Waals surface area contributed by atoms with E-state index in [1.165, 1.54) is 6.20 Å². The number of aromatic amines is 1. The van der Waals surface area contributed by atoms with Gasteiger partial charge < -0.3 is 14.0 Å². The summed E-state index contributed by atoms with van der Waals surface area (Å²) in [6.07, 6.45) is 3.12. The predicted octanol–water partition coefficient (Wildman–Crippen LogP) is 4.87. The average Bonchev–Trinajstić information content (AvgIpc) is 3.31. The highest BCUT2D eigenvalue weighted by Gasteiger charge is 2.14. The molecule has 0 fully saturated rings. The highest BCUT2D eigenvalue weighted by Crippen LogP contribution is 2.31. The molecule has 0 aliphatic carbocycles. The molecule has 8 heteroatoms. The third kappa shape index (κ3) is 5.32. The predicted molar refractivity (Wildman–Crippen MR) is 124 cm³/mol. The van der Waals surface area contributed by atoms with Crippen molar-refractivity contribution in [2.45, 2.75) is 20.8 Å². The molecule has 0 aliphatic heterocycles. The van der Waals surface area contributed by atoms with E-state index in [0.717, 1.165) is 10.9 Å². The molecule has 3 aromatic heterocycles. The van der Waals surface area contributed by atoms with Gasteiger partial charge in [-0.1, -0.05) is 49.3 Å². The van der Waals surface area contributed by atoms with Gasteiger partial charge in [-0.25, -0.2) is 4.98 Å². The Balaban J connectivity index is 0.00000132. The number of aromatic nitrogens is 4. The normalized spacial score (nSPS) is 11.5. The molecule has 1 N–H and O–H groups in total. The molecule has 0 spiro atoms. The number of nitrogens with one attached hydrogen (secondary N) is 1. The van der Waals surface area contributed by atoms with Crippen LogP contribution in [0.25, 0.3) is 34.1 Å². The van der Waals surface area contributed by atoms with Crippen LogP contribution in [0.4, 0.5) is 0 Å². The van der Waals surface area contributed by atoms with Crippen molar-refractivity contribution < 1.29 is 9.05 Å². The second-order valence-corrected chi connectivity index (χ2v) is 8.00. The van der Waals surface area contributed by atoms with Crippen LogP contribution in [-0.2, 0) is 4.52 Å². The van der Waals surface area contributed by atoms with Gasteiger partial charge in [0.2, 0.25) is 0 Å². The van der Waals surface area contributed by atoms with Gasteiger partial charge in [-0.15, -0.1) is 0 Å². The molecular formula is C23H25N4O3P. The Morgan fingerprint density at radius 1 is 1.06 bits per heavy atom. The van der Waals surface area contributed by atoms with Crippen LogP contribution in [0.15, 0.2) is 70.2 Å². The minimum Gasteiger partial charge on any atom is -0.355 e. The topological polar surface area (TPSA) is 93.9 Å². The van der Waals surface area contributed by atoms with Crippen LogP contribution in [-0.4, -0.2) is 33.4 Å². The SMILES string of the molecule is CC.CCOP(C)c1ccc(-c2cc(-c3cnc(-c4ccccn4)[nH]c3=O)on2)cc1. The van der Waals surface area contributed by atoms with Crippen LogP contribution in [0.3, 0.4) is 0 Å². The maximum absolute atomic E-state index is 12.5. The number of rotatable bonds is 6. The number of hydrogen-bond donors (Lipinski definition) is 1. The van der Waals surface area contributed by atoms with Crippen LogP contribution >= 0.6 is 8.15 Å². The first-order valence-electron chi connectivity index (χ1n) is 10.1. The summed E-state index contributed by atoms with van der Waals surface area (Å²) >= 11 is 0. The van der Waals surface area contributed by atoms with Crippen molar-refractivity contribution in [2.75, 3.05) is 13.3 Å². The summed E-state index contributed by atoms with van der Waals surface area (Å²) in [5.74, 6) is 0.762. The number of H-pyrrole nitrogens is 1. The van der Waals surface area contributed by atoms with Crippen molar-refractivity contribution in [3.63, 3.8) is 0 Å². The Hall–Kier alpha value is -3.15. The van der Waals surface area contributed by atoms with E-state index < -0.39 is 8.15 Å². The smallest absolute Gasteiger partial charge is 0.262 e. The highest BCUT2D eigenvalue weighted by atomic mass is 31.1. The van der Waals surface area contributed by atoms with Crippen LogP contribution < -0.4 is 10.9 Å². The molecule has 31 heavy (non-hydrogen) atoms. The van der Waals surface area contributed by atoms with Gasteiger partial charge in [0.25, 0.3) is 5.56 Å². The van der Waals surface area contributed by atoms with Crippen molar-refractivity contribution in [1.82, 2.24) is 20.1 Å². The van der Waals surface area contributed by atoms with E-state index in [1.807, 2.05) is 51.1 Å². The zero-order valence-corrected chi connectivity index (χ0v) is 18.9. The van der Waals surface area contributed by atoms with Gasteiger partial charge in [0.1, 0.15) is 17.0 Å². The van der Waals surface area contributed by atoms with Gasteiger partial charge >= 0.3 is 0 Å². The molecular weight excluding hydrogens is 411 g/mol. The second-order valence-electron chi connectivity index (χ2n) is 6.23. The molecule has 1 atom stereocenters. The first kappa shape index (κ1) is 22.5. The van der Waals surface area contributed by atoms with Crippen LogP contribution in [0.2, 0.25) is 0 Å². The first-order chi connectivity index (χ1) is 15.2. The fraction of sp³-hybridized carbons (Fsp3) is 0.217. The van der Waals surface area contributed by atoms with E-state index in [0.29, 0.717) is 35.1 Å². The first-order valence-corrected chi connectivity index (χ1v) is 11.8. The summed E-state index contributed by atoms with van der Waals surface area (Å²) < 4.78 is 11.1. The lowest BCUT2D eigenvalue weighted by molar-refractivity contribution is 0.386. The third-order valence-electron chi connectivity index (χ3n) is 4.33. The van der Waals surface area contributed by atoms with Crippen LogP contribution in [0.1, 0.15) is 20.8 Å². The quantitative estimate of drug-likeness (QED) is 0.434. The largest absolute Gasteiger partial charge is 0.355 e. The van der Waals surface area contributed by atoms with Crippen LogP contribution in [0.5, 0.6) is 0 Å². The molecule has 4 rings (SSSR count). The summed E-state index contributed by atoms with van der Waals surface area (Å²) in [4.78, 5) is 23.8. The molecule has 160 valence electrons. The minimum atomic E-state index is -0.617. The van der Waals surface area contributed by atoms with E-state index >= 15 is 0 Å². The molecule has 0 amide bonds. The van der Waals surface area contributed by atoms with Gasteiger partial charge in [-0.3, -0.25) is 9.78 Å². The maximum Gasteiger partial charge on any atom is 0.262 e. The molecule has 0 saturated carbocycles. The molecule has 7 nitrogen and oxygen atoms in total. The van der Waals surface area contributed by atoms with E-state index in [2.05, 4.69) is 26.8 Å². The summed E-state index contributed by atoms with van der Waals surface area (Å²) in [6.45, 7) is 8.76. The van der Waals surface area contributed by atoms with Gasteiger partial charge in [0.15, 0.2) is 11.6 Å². The lowest BCUT2D eigenvalue weighted by atomic mass is 10.1. The Bertz CT molecular complexity index is 1160. The lowest BCUT2D eigenvalue weighted by Gasteiger charge is -2.11. The molecule has 3 heterocycles. The molecule has 0 saturated heterocycles. The summed E-state index contributed by atoms with van der Waals surface area (Å²) in [6, 6.07) is 15.2. The van der Waals surface area contributed by atoms with Crippen LogP contribution in [0, 0.1) is 0 Å². The number of hydrogen-bond acceptors (Lipinski definition) is 6. The van der Waals surface area contributed by atoms with Crippen molar-refractivity contribution in [1.29, 1.82) is 0 Å². The van der Waals surface area contributed by atoms with E-state index in [4.69, 9.17) is 9.05 Å². The summed E-state index contributed by atoms with van der Waals surface area (Å²) in [7, 11) is -0.617. The molecule has 0 bridgehead atoms. The van der Waals surface area contributed by atoms with Gasteiger partial charge in [0.05, 0.1) is 8.15 Å². The Labute approximate surface area is 182 Å². The average molecular weight is 436 g/mol. The number of pyridine rings is 1. The molecule has 0 aliphatic rings. The van der Waals surface area contributed by atoms with Crippen molar-refractivity contribution in [3.05, 3.63) is 71.3 Å². The molecule has 1 unspecified atom stereocenters. The summed E-state index contributed by atoms with van der Waals surface area (Å²) in [5, 5.41) is 5.25. The van der Waals surface area contributed by atoms with Crippen molar-refractivity contribution >= 4 is 13.5 Å². The zero-order chi connectivity index (χ0) is 22.2. The minimum absolute atomic E-state index is 0.313. The fourth-order valence-electron chi connectivity index (χ4n) is 2.85. The van der Waals surface area contributed by atoms with Gasteiger partial charge in [0, 0.05) is 35.9 Å². The highest BCUT2D eigenvalue weighted by molar-refractivity contribution is 7.60.